The maximum atomic E-state index is 12.3. The zero-order chi connectivity index (χ0) is 13.8. The molecule has 2 aromatic carbocycles. The fraction of sp³-hybridized carbons (Fsp3) is 0.353. The molecule has 20 heavy (non-hydrogen) atoms. The van der Waals surface area contributed by atoms with Crippen LogP contribution in [0.4, 0.5) is 0 Å². The molecule has 0 spiro atoms. The zero-order valence-electron chi connectivity index (χ0n) is 11.5. The van der Waals surface area contributed by atoms with Gasteiger partial charge in [0.25, 0.3) is 0 Å². The molecular weight excluding hydrogens is 250 g/mol. The average molecular weight is 269 g/mol. The maximum absolute atomic E-state index is 12.3. The second-order valence-corrected chi connectivity index (χ2v) is 5.32. The third-order valence-electron chi connectivity index (χ3n) is 3.92. The fourth-order valence-corrected chi connectivity index (χ4v) is 2.72. The summed E-state index contributed by atoms with van der Waals surface area (Å²) in [6.07, 6.45) is 2.17. The summed E-state index contributed by atoms with van der Waals surface area (Å²) in [5.41, 5.74) is 0.664. The highest BCUT2D eigenvalue weighted by Gasteiger charge is 2.17. The standard InChI is InChI=1S/C17H19NO2/c19-17(20-12-13-8-10-18-11-9-13)16-7-3-5-14-4-1-2-6-15(14)16/h1-7,13,18H,8-12H2. The monoisotopic (exact) mass is 269 g/mol. The smallest absolute Gasteiger partial charge is 0.338 e. The largest absolute Gasteiger partial charge is 0.462 e. The van der Waals surface area contributed by atoms with Crippen LogP contribution in [0.5, 0.6) is 0 Å². The van der Waals surface area contributed by atoms with Crippen LogP contribution >= 0.6 is 0 Å². The second kappa shape index (κ2) is 6.06. The number of benzene rings is 2. The third-order valence-corrected chi connectivity index (χ3v) is 3.92. The molecule has 1 fully saturated rings. The highest BCUT2D eigenvalue weighted by atomic mass is 16.5. The first kappa shape index (κ1) is 13.1. The molecule has 104 valence electrons. The van der Waals surface area contributed by atoms with E-state index in [1.54, 1.807) is 0 Å². The van der Waals surface area contributed by atoms with Crippen molar-refractivity contribution in [3.8, 4) is 0 Å². The molecule has 0 radical (unpaired) electrons. The van der Waals surface area contributed by atoms with Crippen molar-refractivity contribution >= 4 is 16.7 Å². The molecule has 0 atom stereocenters. The van der Waals surface area contributed by atoms with Crippen LogP contribution in [0.3, 0.4) is 0 Å². The Morgan fingerprint density at radius 1 is 1.10 bits per heavy atom. The van der Waals surface area contributed by atoms with Gasteiger partial charge in [-0.15, -0.1) is 0 Å². The number of hydrogen-bond donors (Lipinski definition) is 1. The minimum Gasteiger partial charge on any atom is -0.462 e. The minimum absolute atomic E-state index is 0.208. The Morgan fingerprint density at radius 2 is 1.85 bits per heavy atom. The SMILES string of the molecule is O=C(OCC1CCNCC1)c1cccc2ccccc12. The van der Waals surface area contributed by atoms with Crippen molar-refractivity contribution in [1.29, 1.82) is 0 Å². The van der Waals surface area contributed by atoms with Crippen LogP contribution in [0.25, 0.3) is 10.8 Å². The van der Waals surface area contributed by atoms with Crippen molar-refractivity contribution in [3.05, 3.63) is 48.0 Å². The van der Waals surface area contributed by atoms with Gasteiger partial charge < -0.3 is 10.1 Å². The van der Waals surface area contributed by atoms with Crippen molar-refractivity contribution in [1.82, 2.24) is 5.32 Å². The van der Waals surface area contributed by atoms with Gasteiger partial charge in [0, 0.05) is 0 Å². The van der Waals surface area contributed by atoms with Crippen LogP contribution < -0.4 is 5.32 Å². The highest BCUT2D eigenvalue weighted by molar-refractivity contribution is 6.04. The van der Waals surface area contributed by atoms with Crippen molar-refractivity contribution in [2.24, 2.45) is 5.92 Å². The Morgan fingerprint density at radius 3 is 2.70 bits per heavy atom. The van der Waals surface area contributed by atoms with Gasteiger partial charge in [-0.1, -0.05) is 36.4 Å². The van der Waals surface area contributed by atoms with Crippen molar-refractivity contribution in [2.45, 2.75) is 12.8 Å². The Balaban J connectivity index is 1.72. The Bertz CT molecular complexity index is 597. The lowest BCUT2D eigenvalue weighted by Crippen LogP contribution is -2.30. The lowest BCUT2D eigenvalue weighted by atomic mass is 9.99. The summed E-state index contributed by atoms with van der Waals surface area (Å²) in [5.74, 6) is 0.288. The summed E-state index contributed by atoms with van der Waals surface area (Å²) < 4.78 is 5.51. The van der Waals surface area contributed by atoms with E-state index in [-0.39, 0.29) is 5.97 Å². The number of hydrogen-bond acceptors (Lipinski definition) is 3. The van der Waals surface area contributed by atoms with E-state index < -0.39 is 0 Å². The molecule has 0 bridgehead atoms. The van der Waals surface area contributed by atoms with Gasteiger partial charge >= 0.3 is 5.97 Å². The van der Waals surface area contributed by atoms with E-state index in [0.717, 1.165) is 36.7 Å². The number of fused-ring (bicyclic) bond motifs is 1. The molecule has 1 aliphatic rings. The number of esters is 1. The van der Waals surface area contributed by atoms with E-state index in [9.17, 15) is 4.79 Å². The molecule has 0 unspecified atom stereocenters. The molecule has 0 amide bonds. The quantitative estimate of drug-likeness (QED) is 0.871. The number of carbonyl (C=O) groups excluding carboxylic acids is 1. The van der Waals surface area contributed by atoms with Crippen LogP contribution in [0.15, 0.2) is 42.5 Å². The molecule has 0 aliphatic carbocycles. The van der Waals surface area contributed by atoms with Gasteiger partial charge in [0.15, 0.2) is 0 Å². The first-order valence-corrected chi connectivity index (χ1v) is 7.20. The summed E-state index contributed by atoms with van der Waals surface area (Å²) in [6.45, 7) is 2.58. The molecule has 1 heterocycles. The maximum Gasteiger partial charge on any atom is 0.338 e. The van der Waals surface area contributed by atoms with E-state index in [4.69, 9.17) is 4.74 Å². The topological polar surface area (TPSA) is 38.3 Å². The average Bonchev–Trinajstić information content (AvgIpc) is 2.53. The lowest BCUT2D eigenvalue weighted by molar-refractivity contribution is 0.0418. The van der Waals surface area contributed by atoms with E-state index in [2.05, 4.69) is 5.32 Å². The third kappa shape index (κ3) is 2.83. The van der Waals surface area contributed by atoms with E-state index in [0.29, 0.717) is 18.1 Å². The van der Waals surface area contributed by atoms with Crippen LogP contribution in [0.1, 0.15) is 23.2 Å². The van der Waals surface area contributed by atoms with Gasteiger partial charge in [0.1, 0.15) is 0 Å². The lowest BCUT2D eigenvalue weighted by Gasteiger charge is -2.22. The normalized spacial score (nSPS) is 16.2. The Kier molecular flexibility index (Phi) is 3.97. The number of ether oxygens (including phenoxy) is 1. The van der Waals surface area contributed by atoms with Crippen molar-refractivity contribution < 1.29 is 9.53 Å². The summed E-state index contributed by atoms with van der Waals surface area (Å²) in [7, 11) is 0. The van der Waals surface area contributed by atoms with E-state index >= 15 is 0 Å². The van der Waals surface area contributed by atoms with Gasteiger partial charge in [0.2, 0.25) is 0 Å². The Labute approximate surface area is 118 Å². The Hall–Kier alpha value is -1.87. The van der Waals surface area contributed by atoms with Crippen molar-refractivity contribution in [3.63, 3.8) is 0 Å². The van der Waals surface area contributed by atoms with Gasteiger partial charge in [-0.25, -0.2) is 4.79 Å². The van der Waals surface area contributed by atoms with Crippen LogP contribution in [-0.4, -0.2) is 25.7 Å². The minimum atomic E-state index is -0.208. The number of nitrogens with one attached hydrogen (secondary N) is 1. The molecule has 2 aromatic rings. The molecule has 3 heteroatoms. The van der Waals surface area contributed by atoms with Crippen LogP contribution in [-0.2, 0) is 4.74 Å². The first-order valence-electron chi connectivity index (χ1n) is 7.20. The predicted octanol–water partition coefficient (Wildman–Crippen LogP) is 3.00. The zero-order valence-corrected chi connectivity index (χ0v) is 11.5. The molecule has 1 N–H and O–H groups in total. The number of piperidine rings is 1. The van der Waals surface area contributed by atoms with Gasteiger partial charge in [-0.05, 0) is 48.7 Å². The summed E-state index contributed by atoms with van der Waals surface area (Å²) >= 11 is 0. The van der Waals surface area contributed by atoms with Crippen LogP contribution in [0, 0.1) is 5.92 Å². The fourth-order valence-electron chi connectivity index (χ4n) is 2.72. The molecule has 3 nitrogen and oxygen atoms in total. The molecule has 0 aromatic heterocycles. The highest BCUT2D eigenvalue weighted by Crippen LogP contribution is 2.20. The predicted molar refractivity (Wildman–Crippen MR) is 79.8 cm³/mol. The molecule has 1 saturated heterocycles. The van der Waals surface area contributed by atoms with Crippen molar-refractivity contribution in [2.75, 3.05) is 19.7 Å². The van der Waals surface area contributed by atoms with Crippen LogP contribution in [0.2, 0.25) is 0 Å². The van der Waals surface area contributed by atoms with E-state index in [1.165, 1.54) is 0 Å². The van der Waals surface area contributed by atoms with Gasteiger partial charge in [0.05, 0.1) is 12.2 Å². The molecule has 1 aliphatic heterocycles. The molecule has 0 saturated carbocycles. The summed E-state index contributed by atoms with van der Waals surface area (Å²) in [6, 6.07) is 13.7. The second-order valence-electron chi connectivity index (χ2n) is 5.32. The molecular formula is C17H19NO2. The van der Waals surface area contributed by atoms with E-state index in [1.807, 2.05) is 42.5 Å². The number of rotatable bonds is 3. The summed E-state index contributed by atoms with van der Waals surface area (Å²) in [5, 5.41) is 5.35. The number of carbonyl (C=O) groups is 1. The van der Waals surface area contributed by atoms with Gasteiger partial charge in [-0.3, -0.25) is 0 Å². The molecule has 3 rings (SSSR count). The van der Waals surface area contributed by atoms with Gasteiger partial charge in [-0.2, -0.15) is 0 Å². The summed E-state index contributed by atoms with van der Waals surface area (Å²) in [4.78, 5) is 12.3. The first-order chi connectivity index (χ1) is 9.84.